The number of hydrogen-bond donors (Lipinski definition) is 0. The molecule has 1 aromatic heterocycles. The van der Waals surface area contributed by atoms with Crippen LogP contribution in [-0.4, -0.2) is 71.0 Å². The summed E-state index contributed by atoms with van der Waals surface area (Å²) < 4.78 is 2.16. The summed E-state index contributed by atoms with van der Waals surface area (Å²) in [5, 5.41) is 1.28. The van der Waals surface area contributed by atoms with Crippen molar-refractivity contribution in [2.75, 3.05) is 45.8 Å². The monoisotopic (exact) mass is 380 g/mol. The third kappa shape index (κ3) is 4.31. The molecule has 4 rings (SSSR count). The molecule has 2 aromatic rings. The number of likely N-dealkylation sites (tertiary alicyclic amines) is 1. The third-order valence-electron chi connectivity index (χ3n) is 5.99. The lowest BCUT2D eigenvalue weighted by atomic mass is 10.1. The smallest absolute Gasteiger partial charge is 0.242 e. The van der Waals surface area contributed by atoms with Crippen molar-refractivity contribution < 1.29 is 4.79 Å². The van der Waals surface area contributed by atoms with E-state index in [1.54, 1.807) is 0 Å². The number of hydrogen-bond acceptors (Lipinski definition) is 3. The SMILES string of the molecule is C=C(C)CN1CCN(Cc2cn(CC(=O)N3CCCC3)c3ccccc23)CC1. The molecule has 0 spiro atoms. The molecule has 2 aliphatic heterocycles. The van der Waals surface area contributed by atoms with Gasteiger partial charge in [-0.15, -0.1) is 0 Å². The van der Waals surface area contributed by atoms with Crippen LogP contribution in [0.25, 0.3) is 10.9 Å². The van der Waals surface area contributed by atoms with Crippen LogP contribution < -0.4 is 0 Å². The van der Waals surface area contributed by atoms with Crippen LogP contribution >= 0.6 is 0 Å². The van der Waals surface area contributed by atoms with Crippen LogP contribution in [0.2, 0.25) is 0 Å². The van der Waals surface area contributed by atoms with Crippen molar-refractivity contribution >= 4 is 16.8 Å². The number of amides is 1. The van der Waals surface area contributed by atoms with Gasteiger partial charge in [0.1, 0.15) is 6.54 Å². The van der Waals surface area contributed by atoms with E-state index in [9.17, 15) is 4.79 Å². The number of rotatable bonds is 6. The van der Waals surface area contributed by atoms with Gasteiger partial charge in [0.15, 0.2) is 0 Å². The Morgan fingerprint density at radius 1 is 0.964 bits per heavy atom. The average Bonchev–Trinajstić information content (AvgIpc) is 3.33. The van der Waals surface area contributed by atoms with Gasteiger partial charge in [-0.1, -0.05) is 30.4 Å². The van der Waals surface area contributed by atoms with Crippen LogP contribution in [0.15, 0.2) is 42.6 Å². The summed E-state index contributed by atoms with van der Waals surface area (Å²) >= 11 is 0. The molecule has 2 fully saturated rings. The minimum Gasteiger partial charge on any atom is -0.341 e. The van der Waals surface area contributed by atoms with Gasteiger partial charge in [-0.3, -0.25) is 14.6 Å². The normalized spacial score (nSPS) is 18.8. The van der Waals surface area contributed by atoms with Gasteiger partial charge in [-0.2, -0.15) is 0 Å². The highest BCUT2D eigenvalue weighted by Gasteiger charge is 2.21. The minimum absolute atomic E-state index is 0.248. The number of nitrogens with zero attached hydrogens (tertiary/aromatic N) is 4. The zero-order chi connectivity index (χ0) is 19.5. The molecule has 0 aliphatic carbocycles. The predicted molar refractivity (Wildman–Crippen MR) is 114 cm³/mol. The Balaban J connectivity index is 1.46. The van der Waals surface area contributed by atoms with Crippen molar-refractivity contribution in [1.82, 2.24) is 19.3 Å². The summed E-state index contributed by atoms with van der Waals surface area (Å²) in [5.41, 5.74) is 3.74. The highest BCUT2D eigenvalue weighted by atomic mass is 16.2. The van der Waals surface area contributed by atoms with Crippen molar-refractivity contribution in [3.05, 3.63) is 48.2 Å². The van der Waals surface area contributed by atoms with E-state index in [0.29, 0.717) is 6.54 Å². The lowest BCUT2D eigenvalue weighted by molar-refractivity contribution is -0.130. The number of fused-ring (bicyclic) bond motifs is 1. The third-order valence-corrected chi connectivity index (χ3v) is 5.99. The van der Waals surface area contributed by atoms with Gasteiger partial charge in [-0.05, 0) is 31.4 Å². The zero-order valence-corrected chi connectivity index (χ0v) is 17.1. The molecule has 0 radical (unpaired) electrons. The molecular weight excluding hydrogens is 348 g/mol. The van der Waals surface area contributed by atoms with Gasteiger partial charge in [-0.25, -0.2) is 0 Å². The molecule has 3 heterocycles. The maximum atomic E-state index is 12.7. The van der Waals surface area contributed by atoms with Gasteiger partial charge in [0.2, 0.25) is 5.91 Å². The second kappa shape index (κ2) is 8.50. The molecule has 1 aromatic carbocycles. The summed E-state index contributed by atoms with van der Waals surface area (Å²) in [7, 11) is 0. The summed E-state index contributed by atoms with van der Waals surface area (Å²) in [5.74, 6) is 0.248. The average molecular weight is 381 g/mol. The lowest BCUT2D eigenvalue weighted by Gasteiger charge is -2.34. The Bertz CT molecular complexity index is 841. The molecule has 5 nitrogen and oxygen atoms in total. The molecule has 0 unspecified atom stereocenters. The number of piperazine rings is 1. The minimum atomic E-state index is 0.248. The Labute approximate surface area is 168 Å². The molecule has 0 bridgehead atoms. The second-order valence-electron chi connectivity index (χ2n) is 8.40. The molecular formula is C23H32N4O. The van der Waals surface area contributed by atoms with E-state index >= 15 is 0 Å². The summed E-state index contributed by atoms with van der Waals surface area (Å²) in [6.45, 7) is 14.7. The maximum Gasteiger partial charge on any atom is 0.242 e. The Morgan fingerprint density at radius 3 is 2.36 bits per heavy atom. The highest BCUT2D eigenvalue weighted by Crippen LogP contribution is 2.24. The van der Waals surface area contributed by atoms with Crippen LogP contribution in [-0.2, 0) is 17.9 Å². The van der Waals surface area contributed by atoms with E-state index in [4.69, 9.17) is 0 Å². The molecule has 0 saturated carbocycles. The largest absolute Gasteiger partial charge is 0.341 e. The van der Waals surface area contributed by atoms with Crippen LogP contribution in [0.5, 0.6) is 0 Å². The first-order valence-electron chi connectivity index (χ1n) is 10.5. The van der Waals surface area contributed by atoms with Gasteiger partial charge in [0, 0.05) is 69.5 Å². The van der Waals surface area contributed by atoms with E-state index in [-0.39, 0.29) is 5.91 Å². The maximum absolute atomic E-state index is 12.7. The number of carbonyl (C=O) groups is 1. The van der Waals surface area contributed by atoms with Gasteiger partial charge < -0.3 is 9.47 Å². The summed E-state index contributed by atoms with van der Waals surface area (Å²) in [6.07, 6.45) is 4.49. The second-order valence-corrected chi connectivity index (χ2v) is 8.40. The van der Waals surface area contributed by atoms with Crippen LogP contribution in [0.4, 0.5) is 0 Å². The standard InChI is InChI=1S/C23H32N4O/c1-19(2)15-24-11-13-25(14-12-24)16-20-17-27(22-8-4-3-7-21(20)22)18-23(28)26-9-5-6-10-26/h3-4,7-8,17H,1,5-6,9-16,18H2,2H3. The van der Waals surface area contributed by atoms with E-state index in [0.717, 1.165) is 65.2 Å². The van der Waals surface area contributed by atoms with Crippen LogP contribution in [0.3, 0.4) is 0 Å². The lowest BCUT2D eigenvalue weighted by Crippen LogP contribution is -2.46. The fourth-order valence-electron chi connectivity index (χ4n) is 4.52. The van der Waals surface area contributed by atoms with Crippen molar-refractivity contribution in [2.24, 2.45) is 0 Å². The predicted octanol–water partition coefficient (Wildman–Crippen LogP) is 2.96. The van der Waals surface area contributed by atoms with Crippen molar-refractivity contribution in [3.63, 3.8) is 0 Å². The fraction of sp³-hybridized carbons (Fsp3) is 0.522. The topological polar surface area (TPSA) is 31.7 Å². The van der Waals surface area contributed by atoms with Gasteiger partial charge in [0.25, 0.3) is 0 Å². The van der Waals surface area contributed by atoms with Crippen molar-refractivity contribution in [1.29, 1.82) is 0 Å². The zero-order valence-electron chi connectivity index (χ0n) is 17.1. The van der Waals surface area contributed by atoms with E-state index in [2.05, 4.69) is 58.3 Å². The van der Waals surface area contributed by atoms with Crippen molar-refractivity contribution in [2.45, 2.75) is 32.9 Å². The Morgan fingerprint density at radius 2 is 1.64 bits per heavy atom. The quantitative estimate of drug-likeness (QED) is 0.722. The first kappa shape index (κ1) is 19.2. The number of carbonyl (C=O) groups excluding carboxylic acids is 1. The van der Waals surface area contributed by atoms with E-state index in [1.165, 1.54) is 22.0 Å². The van der Waals surface area contributed by atoms with E-state index < -0.39 is 0 Å². The Kier molecular flexibility index (Phi) is 5.83. The molecule has 1 amide bonds. The Hall–Kier alpha value is -2.11. The fourth-order valence-corrected chi connectivity index (χ4v) is 4.52. The first-order valence-corrected chi connectivity index (χ1v) is 10.5. The number of para-hydroxylation sites is 1. The van der Waals surface area contributed by atoms with E-state index in [1.807, 2.05) is 4.90 Å². The molecule has 0 atom stereocenters. The molecule has 2 saturated heterocycles. The number of benzene rings is 1. The molecule has 2 aliphatic rings. The molecule has 5 heteroatoms. The summed E-state index contributed by atoms with van der Waals surface area (Å²) in [4.78, 5) is 19.7. The highest BCUT2D eigenvalue weighted by molar-refractivity contribution is 5.86. The van der Waals surface area contributed by atoms with Crippen molar-refractivity contribution in [3.8, 4) is 0 Å². The molecule has 0 N–H and O–H groups in total. The van der Waals surface area contributed by atoms with Crippen LogP contribution in [0.1, 0.15) is 25.3 Å². The molecule has 150 valence electrons. The first-order chi connectivity index (χ1) is 13.6. The molecule has 28 heavy (non-hydrogen) atoms. The van der Waals surface area contributed by atoms with Gasteiger partial charge in [0.05, 0.1) is 0 Å². The van der Waals surface area contributed by atoms with Crippen LogP contribution in [0, 0.1) is 0 Å². The summed E-state index contributed by atoms with van der Waals surface area (Å²) in [6, 6.07) is 8.50. The number of aromatic nitrogens is 1. The van der Waals surface area contributed by atoms with Gasteiger partial charge >= 0.3 is 0 Å².